The third kappa shape index (κ3) is 7.54. The van der Waals surface area contributed by atoms with E-state index in [1.807, 2.05) is 0 Å². The van der Waals surface area contributed by atoms with E-state index in [2.05, 4.69) is 5.32 Å². The fourth-order valence-corrected chi connectivity index (χ4v) is 2.66. The van der Waals surface area contributed by atoms with Gasteiger partial charge in [-0.25, -0.2) is 12.7 Å². The highest BCUT2D eigenvalue weighted by molar-refractivity contribution is 7.89. The molecule has 3 N–H and O–H groups in total. The average molecular weight is 288 g/mol. The molecular weight excluding hydrogens is 266 g/mol. The smallest absolute Gasteiger partial charge is 0.236 e. The molecule has 0 bridgehead atoms. The van der Waals surface area contributed by atoms with E-state index in [1.165, 1.54) is 4.31 Å². The second-order valence-electron chi connectivity index (χ2n) is 3.33. The molecule has 6 nitrogen and oxygen atoms in total. The predicted octanol–water partition coefficient (Wildman–Crippen LogP) is -0.455. The number of nitrogens with one attached hydrogen (secondary N) is 1. The van der Waals surface area contributed by atoms with Crippen molar-refractivity contribution in [2.45, 2.75) is 20.3 Å². The summed E-state index contributed by atoms with van der Waals surface area (Å²) in [4.78, 5) is 11.3. The van der Waals surface area contributed by atoms with Gasteiger partial charge in [0, 0.05) is 19.6 Å². The normalized spacial score (nSPS) is 11.1. The van der Waals surface area contributed by atoms with Gasteiger partial charge < -0.3 is 11.1 Å². The van der Waals surface area contributed by atoms with Gasteiger partial charge >= 0.3 is 0 Å². The second-order valence-corrected chi connectivity index (χ2v) is 5.30. The Balaban J connectivity index is 0. The molecule has 0 aromatic heterocycles. The van der Waals surface area contributed by atoms with E-state index in [0.29, 0.717) is 32.6 Å². The predicted molar refractivity (Wildman–Crippen MR) is 70.6 cm³/mol. The quantitative estimate of drug-likeness (QED) is 0.591. The Hall–Kier alpha value is -0.370. The molecule has 0 spiro atoms. The molecule has 0 aliphatic carbocycles. The number of carbonyl (C=O) groups is 1. The Kier molecular flexibility index (Phi) is 10.8. The topological polar surface area (TPSA) is 92.5 Å². The summed E-state index contributed by atoms with van der Waals surface area (Å²) in [7, 11) is -3.47. The van der Waals surface area contributed by atoms with Gasteiger partial charge in [0.15, 0.2) is 0 Å². The monoisotopic (exact) mass is 287 g/mol. The summed E-state index contributed by atoms with van der Waals surface area (Å²) in [6, 6.07) is 0. The molecule has 0 atom stereocenters. The third-order valence-corrected chi connectivity index (χ3v) is 4.05. The van der Waals surface area contributed by atoms with Gasteiger partial charge in [-0.1, -0.05) is 13.8 Å². The number of hydrogen-bond donors (Lipinski definition) is 2. The van der Waals surface area contributed by atoms with Crippen molar-refractivity contribution >= 4 is 28.3 Å². The zero-order valence-corrected chi connectivity index (χ0v) is 11.9. The van der Waals surface area contributed by atoms with Crippen LogP contribution in [0.5, 0.6) is 0 Å². The van der Waals surface area contributed by atoms with E-state index in [1.54, 1.807) is 13.8 Å². The van der Waals surface area contributed by atoms with Crippen molar-refractivity contribution in [2.75, 3.05) is 31.9 Å². The molecule has 104 valence electrons. The van der Waals surface area contributed by atoms with E-state index in [0.717, 1.165) is 0 Å². The van der Waals surface area contributed by atoms with Crippen LogP contribution >= 0.6 is 12.4 Å². The Morgan fingerprint density at radius 3 is 2.24 bits per heavy atom. The summed E-state index contributed by atoms with van der Waals surface area (Å²) in [6.45, 7) is 5.15. The lowest BCUT2D eigenvalue weighted by molar-refractivity contribution is -0.118. The molecular formula is C9H22ClN3O3S. The highest BCUT2D eigenvalue weighted by Crippen LogP contribution is 2.00. The number of sulfonamides is 1. The summed E-state index contributed by atoms with van der Waals surface area (Å²) in [6.07, 6.45) is 0.650. The Morgan fingerprint density at radius 2 is 1.82 bits per heavy atom. The Labute approximate surface area is 109 Å². The van der Waals surface area contributed by atoms with Crippen LogP contribution in [0, 0.1) is 0 Å². The minimum absolute atomic E-state index is 0. The lowest BCUT2D eigenvalue weighted by Gasteiger charge is -2.17. The van der Waals surface area contributed by atoms with Crippen molar-refractivity contribution in [1.29, 1.82) is 0 Å². The van der Waals surface area contributed by atoms with E-state index >= 15 is 0 Å². The molecule has 0 heterocycles. The molecule has 0 aliphatic heterocycles. The van der Waals surface area contributed by atoms with Crippen LogP contribution in [0.1, 0.15) is 20.3 Å². The van der Waals surface area contributed by atoms with Crippen LogP contribution in [0.25, 0.3) is 0 Å². The van der Waals surface area contributed by atoms with E-state index in [4.69, 9.17) is 5.73 Å². The molecule has 0 aliphatic rings. The maximum atomic E-state index is 11.7. The molecule has 17 heavy (non-hydrogen) atoms. The lowest BCUT2D eigenvalue weighted by Crippen LogP contribution is -2.39. The summed E-state index contributed by atoms with van der Waals surface area (Å²) >= 11 is 0. The summed E-state index contributed by atoms with van der Waals surface area (Å²) in [5.74, 6) is -0.959. The molecule has 0 saturated carbocycles. The van der Waals surface area contributed by atoms with E-state index in [-0.39, 0.29) is 12.4 Å². The maximum absolute atomic E-state index is 11.7. The van der Waals surface area contributed by atoms with Gasteiger partial charge in [-0.2, -0.15) is 0 Å². The fourth-order valence-electron chi connectivity index (χ4n) is 1.25. The van der Waals surface area contributed by atoms with Gasteiger partial charge in [0.1, 0.15) is 5.75 Å². The van der Waals surface area contributed by atoms with Crippen molar-refractivity contribution in [1.82, 2.24) is 9.62 Å². The van der Waals surface area contributed by atoms with Crippen molar-refractivity contribution in [2.24, 2.45) is 5.73 Å². The first-order valence-electron chi connectivity index (χ1n) is 5.42. The molecule has 1 amide bonds. The molecule has 0 saturated heterocycles. The van der Waals surface area contributed by atoms with Crippen LogP contribution in [0.3, 0.4) is 0 Å². The zero-order chi connectivity index (χ0) is 12.6. The number of halogens is 1. The zero-order valence-electron chi connectivity index (χ0n) is 10.3. The minimum atomic E-state index is -3.47. The van der Waals surface area contributed by atoms with Crippen LogP contribution in [-0.4, -0.2) is 50.6 Å². The summed E-state index contributed by atoms with van der Waals surface area (Å²) in [5.41, 5.74) is 5.26. The highest BCUT2D eigenvalue weighted by Gasteiger charge is 2.22. The third-order valence-electron chi connectivity index (χ3n) is 2.12. The van der Waals surface area contributed by atoms with E-state index < -0.39 is 21.7 Å². The fraction of sp³-hybridized carbons (Fsp3) is 0.889. The molecule has 0 fully saturated rings. The van der Waals surface area contributed by atoms with Crippen LogP contribution < -0.4 is 11.1 Å². The Bertz CT molecular complexity index is 305. The number of nitrogens with zero attached hydrogens (tertiary/aromatic N) is 1. The number of carbonyl (C=O) groups excluding carboxylic acids is 1. The van der Waals surface area contributed by atoms with Gasteiger partial charge in [-0.05, 0) is 13.0 Å². The number of nitrogens with two attached hydrogens (primary N) is 1. The number of rotatable bonds is 8. The molecule has 8 heteroatoms. The van der Waals surface area contributed by atoms with Crippen molar-refractivity contribution in [3.05, 3.63) is 0 Å². The first-order chi connectivity index (χ1) is 7.47. The first kappa shape index (κ1) is 19.0. The van der Waals surface area contributed by atoms with Crippen molar-refractivity contribution in [3.63, 3.8) is 0 Å². The van der Waals surface area contributed by atoms with Crippen molar-refractivity contribution in [3.8, 4) is 0 Å². The minimum Gasteiger partial charge on any atom is -0.355 e. The molecule has 0 aromatic rings. The molecule has 0 unspecified atom stereocenters. The van der Waals surface area contributed by atoms with E-state index in [9.17, 15) is 13.2 Å². The van der Waals surface area contributed by atoms with Gasteiger partial charge in [-0.15, -0.1) is 12.4 Å². The number of amides is 1. The van der Waals surface area contributed by atoms with Gasteiger partial charge in [0.25, 0.3) is 0 Å². The lowest BCUT2D eigenvalue weighted by atomic mass is 10.4. The summed E-state index contributed by atoms with van der Waals surface area (Å²) < 4.78 is 24.6. The van der Waals surface area contributed by atoms with Crippen LogP contribution in [0.4, 0.5) is 0 Å². The van der Waals surface area contributed by atoms with Crippen LogP contribution in [0.15, 0.2) is 0 Å². The standard InChI is InChI=1S/C9H21N3O3S.ClH/c1-3-12(4-2)16(14,15)8-9(13)11-7-5-6-10;/h3-8,10H2,1-2H3,(H,11,13);1H. The first-order valence-corrected chi connectivity index (χ1v) is 7.03. The molecule has 0 aromatic carbocycles. The van der Waals surface area contributed by atoms with Gasteiger partial charge in [0.05, 0.1) is 0 Å². The van der Waals surface area contributed by atoms with Gasteiger partial charge in [0.2, 0.25) is 15.9 Å². The summed E-state index contributed by atoms with van der Waals surface area (Å²) in [5, 5.41) is 2.52. The van der Waals surface area contributed by atoms with Crippen LogP contribution in [-0.2, 0) is 14.8 Å². The maximum Gasteiger partial charge on any atom is 0.236 e. The highest BCUT2D eigenvalue weighted by atomic mass is 35.5. The molecule has 0 radical (unpaired) electrons. The average Bonchev–Trinajstić information content (AvgIpc) is 2.18. The number of hydrogen-bond acceptors (Lipinski definition) is 4. The SMILES string of the molecule is CCN(CC)S(=O)(=O)CC(=O)NCCCN.Cl. The van der Waals surface area contributed by atoms with Crippen LogP contribution in [0.2, 0.25) is 0 Å². The van der Waals surface area contributed by atoms with Gasteiger partial charge in [-0.3, -0.25) is 4.79 Å². The Morgan fingerprint density at radius 1 is 1.29 bits per heavy atom. The second kappa shape index (κ2) is 9.64. The van der Waals surface area contributed by atoms with Crippen molar-refractivity contribution < 1.29 is 13.2 Å². The largest absolute Gasteiger partial charge is 0.355 e. The molecule has 0 rings (SSSR count).